The normalized spacial score (nSPS) is 28.4. The van der Waals surface area contributed by atoms with Crippen molar-refractivity contribution in [3.05, 3.63) is 0 Å². The van der Waals surface area contributed by atoms with Gasteiger partial charge >= 0.3 is 0 Å². The molecule has 0 aliphatic carbocycles. The first-order chi connectivity index (χ1) is 5.33. The lowest BCUT2D eigenvalue weighted by atomic mass is 10.0. The van der Waals surface area contributed by atoms with Crippen LogP contribution in [-0.4, -0.2) is 30.4 Å². The van der Waals surface area contributed by atoms with Gasteiger partial charge in [-0.15, -0.1) is 11.6 Å². The summed E-state index contributed by atoms with van der Waals surface area (Å²) in [4.78, 5) is 2.48. The van der Waals surface area contributed by atoms with Crippen molar-refractivity contribution in [3.8, 4) is 0 Å². The Morgan fingerprint density at radius 1 is 1.36 bits per heavy atom. The molecule has 1 nitrogen and oxygen atoms in total. The quantitative estimate of drug-likeness (QED) is 0.583. The highest BCUT2D eigenvalue weighted by atomic mass is 35.5. The summed E-state index contributed by atoms with van der Waals surface area (Å²) in [6.07, 6.45) is 4.12. The van der Waals surface area contributed by atoms with Crippen LogP contribution in [-0.2, 0) is 0 Å². The molecular formula is C9H18ClN. The molecule has 0 saturated carbocycles. The Balaban J connectivity index is 2.22. The molecule has 0 bridgehead atoms. The molecule has 0 aromatic rings. The van der Waals surface area contributed by atoms with Gasteiger partial charge in [-0.1, -0.05) is 6.92 Å². The van der Waals surface area contributed by atoms with Crippen LogP contribution in [0, 0.1) is 5.92 Å². The fourth-order valence-electron chi connectivity index (χ4n) is 1.67. The summed E-state index contributed by atoms with van der Waals surface area (Å²) in [7, 11) is 0. The molecule has 0 unspecified atom stereocenters. The van der Waals surface area contributed by atoms with E-state index in [1.54, 1.807) is 0 Å². The molecule has 0 amide bonds. The van der Waals surface area contributed by atoms with Gasteiger partial charge in [0, 0.05) is 12.4 Å². The van der Waals surface area contributed by atoms with Crippen LogP contribution in [0.15, 0.2) is 0 Å². The van der Waals surface area contributed by atoms with Crippen molar-refractivity contribution in [1.82, 2.24) is 4.90 Å². The highest BCUT2D eigenvalue weighted by Crippen LogP contribution is 2.15. The van der Waals surface area contributed by atoms with Crippen LogP contribution in [0.3, 0.4) is 0 Å². The van der Waals surface area contributed by atoms with Crippen molar-refractivity contribution in [2.75, 3.05) is 25.5 Å². The van der Waals surface area contributed by atoms with E-state index in [2.05, 4.69) is 11.8 Å². The second kappa shape index (κ2) is 5.00. The molecule has 1 heterocycles. The average Bonchev–Trinajstić information content (AvgIpc) is 2.17. The lowest BCUT2D eigenvalue weighted by molar-refractivity contribution is 0.299. The van der Waals surface area contributed by atoms with Crippen LogP contribution in [0.1, 0.15) is 26.2 Å². The molecule has 66 valence electrons. The van der Waals surface area contributed by atoms with Gasteiger partial charge in [0.1, 0.15) is 0 Å². The Labute approximate surface area is 74.7 Å². The lowest BCUT2D eigenvalue weighted by Crippen LogP contribution is -2.26. The molecule has 0 radical (unpaired) electrons. The van der Waals surface area contributed by atoms with E-state index >= 15 is 0 Å². The molecule has 0 N–H and O–H groups in total. The van der Waals surface area contributed by atoms with Gasteiger partial charge < -0.3 is 4.90 Å². The Bertz CT molecular complexity index is 106. The summed E-state index contributed by atoms with van der Waals surface area (Å²) in [6.45, 7) is 5.95. The first-order valence-corrected chi connectivity index (χ1v) is 5.14. The predicted octanol–water partition coefficient (Wildman–Crippen LogP) is 2.35. The van der Waals surface area contributed by atoms with Crippen molar-refractivity contribution in [3.63, 3.8) is 0 Å². The third kappa shape index (κ3) is 3.44. The molecule has 1 aliphatic heterocycles. The highest BCUT2D eigenvalue weighted by Gasteiger charge is 2.12. The van der Waals surface area contributed by atoms with Crippen LogP contribution >= 0.6 is 11.6 Å². The molecule has 0 spiro atoms. The highest BCUT2D eigenvalue weighted by molar-refractivity contribution is 6.18. The van der Waals surface area contributed by atoms with Crippen molar-refractivity contribution < 1.29 is 0 Å². The van der Waals surface area contributed by atoms with E-state index in [-0.39, 0.29) is 0 Å². The zero-order valence-electron chi connectivity index (χ0n) is 7.35. The minimum absolute atomic E-state index is 0.786. The number of halogens is 1. The van der Waals surface area contributed by atoms with Crippen LogP contribution in [0.4, 0.5) is 0 Å². The predicted molar refractivity (Wildman–Crippen MR) is 50.2 cm³/mol. The van der Waals surface area contributed by atoms with Crippen LogP contribution in [0.25, 0.3) is 0 Å². The first kappa shape index (κ1) is 9.34. The molecule has 1 atom stereocenters. The maximum absolute atomic E-state index is 5.68. The molecule has 0 aromatic heterocycles. The van der Waals surface area contributed by atoms with E-state index in [4.69, 9.17) is 11.6 Å². The fourth-order valence-corrected chi connectivity index (χ4v) is 1.90. The lowest BCUT2D eigenvalue weighted by Gasteiger charge is -2.17. The summed E-state index contributed by atoms with van der Waals surface area (Å²) in [5, 5.41) is 0. The monoisotopic (exact) mass is 175 g/mol. The van der Waals surface area contributed by atoms with Gasteiger partial charge in [0.2, 0.25) is 0 Å². The zero-order valence-corrected chi connectivity index (χ0v) is 8.11. The third-order valence-electron chi connectivity index (χ3n) is 2.51. The number of likely N-dealkylation sites (tertiary alicyclic amines) is 1. The zero-order chi connectivity index (χ0) is 8.10. The molecule has 1 fully saturated rings. The Morgan fingerprint density at radius 2 is 2.18 bits per heavy atom. The number of hydrogen-bond donors (Lipinski definition) is 0. The molecule has 2 heteroatoms. The molecule has 11 heavy (non-hydrogen) atoms. The summed E-state index contributed by atoms with van der Waals surface area (Å²) in [6, 6.07) is 0. The second-order valence-electron chi connectivity index (χ2n) is 3.57. The summed E-state index contributed by atoms with van der Waals surface area (Å²) >= 11 is 5.68. The van der Waals surface area contributed by atoms with E-state index in [1.165, 1.54) is 32.4 Å². The number of nitrogens with zero attached hydrogens (tertiary/aromatic N) is 1. The summed E-state index contributed by atoms with van der Waals surface area (Å²) in [5.74, 6) is 1.71. The van der Waals surface area contributed by atoms with Crippen molar-refractivity contribution >= 4 is 11.6 Å². The van der Waals surface area contributed by atoms with Gasteiger partial charge in [-0.3, -0.25) is 0 Å². The van der Waals surface area contributed by atoms with Gasteiger partial charge in [-0.05, 0) is 38.3 Å². The standard InChI is InChI=1S/C9H18ClN/c1-9-3-2-6-11(7-4-9)8-5-10/h9H,2-8H2,1H3/t9-/m0/s1. The molecule has 1 rings (SSSR count). The second-order valence-corrected chi connectivity index (χ2v) is 3.94. The van der Waals surface area contributed by atoms with E-state index in [0.29, 0.717) is 0 Å². The number of hydrogen-bond acceptors (Lipinski definition) is 1. The van der Waals surface area contributed by atoms with Gasteiger partial charge in [-0.2, -0.15) is 0 Å². The van der Waals surface area contributed by atoms with Gasteiger partial charge in [0.25, 0.3) is 0 Å². The van der Waals surface area contributed by atoms with Crippen LogP contribution in [0.2, 0.25) is 0 Å². The molecule has 1 aliphatic rings. The number of alkyl halides is 1. The first-order valence-electron chi connectivity index (χ1n) is 4.61. The van der Waals surface area contributed by atoms with E-state index in [9.17, 15) is 0 Å². The maximum atomic E-state index is 5.68. The smallest absolute Gasteiger partial charge is 0.0351 e. The average molecular weight is 176 g/mol. The van der Waals surface area contributed by atoms with Gasteiger partial charge in [0.05, 0.1) is 0 Å². The molecule has 1 saturated heterocycles. The van der Waals surface area contributed by atoms with Crippen LogP contribution < -0.4 is 0 Å². The Morgan fingerprint density at radius 3 is 2.91 bits per heavy atom. The Kier molecular flexibility index (Phi) is 4.24. The largest absolute Gasteiger partial charge is 0.302 e. The van der Waals surface area contributed by atoms with Crippen molar-refractivity contribution in [1.29, 1.82) is 0 Å². The van der Waals surface area contributed by atoms with Gasteiger partial charge in [0.15, 0.2) is 0 Å². The third-order valence-corrected chi connectivity index (χ3v) is 2.68. The van der Waals surface area contributed by atoms with E-state index in [0.717, 1.165) is 18.3 Å². The van der Waals surface area contributed by atoms with E-state index < -0.39 is 0 Å². The topological polar surface area (TPSA) is 3.24 Å². The summed E-state index contributed by atoms with van der Waals surface area (Å²) in [5.41, 5.74) is 0. The van der Waals surface area contributed by atoms with Crippen molar-refractivity contribution in [2.45, 2.75) is 26.2 Å². The fraction of sp³-hybridized carbons (Fsp3) is 1.00. The molecule has 0 aromatic carbocycles. The minimum atomic E-state index is 0.786. The van der Waals surface area contributed by atoms with Gasteiger partial charge in [-0.25, -0.2) is 0 Å². The molecular weight excluding hydrogens is 158 g/mol. The maximum Gasteiger partial charge on any atom is 0.0351 e. The summed E-state index contributed by atoms with van der Waals surface area (Å²) < 4.78 is 0. The Hall–Kier alpha value is 0.250. The number of rotatable bonds is 2. The van der Waals surface area contributed by atoms with Crippen LogP contribution in [0.5, 0.6) is 0 Å². The minimum Gasteiger partial charge on any atom is -0.302 e. The SMILES string of the molecule is C[C@H]1CCCN(CCCl)CC1. The van der Waals surface area contributed by atoms with Crippen molar-refractivity contribution in [2.24, 2.45) is 5.92 Å². The van der Waals surface area contributed by atoms with E-state index in [1.807, 2.05) is 0 Å².